The number of fused-ring (bicyclic) bond motifs is 3. The van der Waals surface area contributed by atoms with Crippen LogP contribution < -0.4 is 26.0 Å². The van der Waals surface area contributed by atoms with Crippen LogP contribution in [0.1, 0.15) is 66.3 Å². The third kappa shape index (κ3) is 6.72. The number of carbonyl (C=O) groups excluding carboxylic acids is 2. The average Bonchev–Trinajstić information content (AvgIpc) is 3.77. The van der Waals surface area contributed by atoms with Crippen molar-refractivity contribution >= 4 is 40.5 Å². The number of hydrogen-bond acceptors (Lipinski definition) is 10. The largest absolute Gasteiger partial charge is 0.392 e. The minimum Gasteiger partial charge on any atom is -0.392 e. The molecule has 2 aliphatic carbocycles. The number of nitrogens with zero attached hydrogens (tertiary/aromatic N) is 7. The lowest BCUT2D eigenvalue weighted by Gasteiger charge is -2.45. The molecule has 0 radical (unpaired) electrons. The third-order valence-corrected chi connectivity index (χ3v) is 13.0. The second kappa shape index (κ2) is 14.9. The predicted octanol–water partition coefficient (Wildman–Crippen LogP) is 4.62. The van der Waals surface area contributed by atoms with Crippen molar-refractivity contribution in [2.75, 3.05) is 59.8 Å². The van der Waals surface area contributed by atoms with E-state index in [1.165, 1.54) is 41.2 Å². The molecule has 1 aromatic carbocycles. The molecule has 4 aromatic rings. The summed E-state index contributed by atoms with van der Waals surface area (Å²) in [6.45, 7) is 10.8. The zero-order valence-corrected chi connectivity index (χ0v) is 32.8. The van der Waals surface area contributed by atoms with Crippen LogP contribution in [-0.2, 0) is 42.6 Å². The average molecular weight is 774 g/mol. The number of benzene rings is 1. The summed E-state index contributed by atoms with van der Waals surface area (Å²) in [5.74, 6) is -0.0226. The van der Waals surface area contributed by atoms with Crippen molar-refractivity contribution in [1.82, 2.24) is 24.0 Å². The fraction of sp³-hybridized carbons (Fsp3) is 0.465. The van der Waals surface area contributed by atoms with E-state index in [1.807, 2.05) is 18.2 Å². The monoisotopic (exact) mass is 773 g/mol. The van der Waals surface area contributed by atoms with Gasteiger partial charge in [-0.05, 0) is 92.8 Å². The van der Waals surface area contributed by atoms with Crippen LogP contribution in [0.3, 0.4) is 0 Å². The number of ether oxygens (including phenoxy) is 1. The summed E-state index contributed by atoms with van der Waals surface area (Å²) in [4.78, 5) is 56.2. The molecule has 9 rings (SSSR count). The number of anilines is 5. The van der Waals surface area contributed by atoms with Crippen LogP contribution in [0.15, 0.2) is 60.2 Å². The van der Waals surface area contributed by atoms with Crippen LogP contribution in [0.2, 0.25) is 0 Å². The lowest BCUT2D eigenvalue weighted by atomic mass is 9.67. The Balaban J connectivity index is 0.984. The van der Waals surface area contributed by atoms with Crippen molar-refractivity contribution in [3.05, 3.63) is 88.2 Å². The zero-order chi connectivity index (χ0) is 39.4. The van der Waals surface area contributed by atoms with Crippen molar-refractivity contribution in [2.24, 2.45) is 12.5 Å². The van der Waals surface area contributed by atoms with Crippen molar-refractivity contribution in [3.63, 3.8) is 0 Å². The number of aliphatic hydroxyl groups is 1. The molecule has 3 N–H and O–H groups in total. The molecule has 2 amide bonds. The van der Waals surface area contributed by atoms with E-state index in [4.69, 9.17) is 9.72 Å². The molecule has 2 saturated heterocycles. The Morgan fingerprint density at radius 2 is 1.91 bits per heavy atom. The molecule has 3 fully saturated rings. The highest BCUT2D eigenvalue weighted by atomic mass is 16.5. The Morgan fingerprint density at radius 1 is 1.09 bits per heavy atom. The zero-order valence-electron chi connectivity index (χ0n) is 32.8. The van der Waals surface area contributed by atoms with Gasteiger partial charge in [-0.1, -0.05) is 13.0 Å². The van der Waals surface area contributed by atoms with Crippen LogP contribution >= 0.6 is 0 Å². The topological polar surface area (TPSA) is 150 Å². The van der Waals surface area contributed by atoms with Gasteiger partial charge in [0.2, 0.25) is 5.91 Å². The maximum atomic E-state index is 14.0. The first-order valence-electron chi connectivity index (χ1n) is 20.3. The molecule has 1 atom stereocenters. The Bertz CT molecular complexity index is 2310. The Kier molecular flexibility index (Phi) is 9.74. The van der Waals surface area contributed by atoms with Crippen LogP contribution in [0.4, 0.5) is 28.7 Å². The highest BCUT2D eigenvalue weighted by Crippen LogP contribution is 2.52. The Labute approximate surface area is 332 Å². The van der Waals surface area contributed by atoms with Gasteiger partial charge in [0, 0.05) is 100.0 Å². The first-order chi connectivity index (χ1) is 27.6. The van der Waals surface area contributed by atoms with Crippen molar-refractivity contribution in [3.8, 4) is 11.3 Å². The molecule has 1 spiro atoms. The van der Waals surface area contributed by atoms with Gasteiger partial charge >= 0.3 is 0 Å². The molecular weight excluding hydrogens is 723 g/mol. The van der Waals surface area contributed by atoms with Gasteiger partial charge in [-0.15, -0.1) is 0 Å². The van der Waals surface area contributed by atoms with Crippen molar-refractivity contribution < 1.29 is 19.4 Å². The van der Waals surface area contributed by atoms with E-state index < -0.39 is 0 Å². The first-order valence-corrected chi connectivity index (χ1v) is 20.3. The van der Waals surface area contributed by atoms with E-state index in [9.17, 15) is 19.5 Å². The normalized spacial score (nSPS) is 20.6. The van der Waals surface area contributed by atoms with Gasteiger partial charge in [-0.2, -0.15) is 0 Å². The number of hydrogen-bond donors (Lipinski definition) is 3. The van der Waals surface area contributed by atoms with Gasteiger partial charge in [0.05, 0.1) is 23.7 Å². The molecule has 3 aromatic heterocycles. The molecule has 6 heterocycles. The molecule has 14 nitrogen and oxygen atoms in total. The minimum absolute atomic E-state index is 0.0649. The second-order valence-electron chi connectivity index (χ2n) is 16.5. The predicted molar refractivity (Wildman–Crippen MR) is 219 cm³/mol. The number of carbonyl (C=O) groups is 2. The van der Waals surface area contributed by atoms with Gasteiger partial charge < -0.3 is 34.5 Å². The van der Waals surface area contributed by atoms with Crippen LogP contribution in [-0.4, -0.2) is 92.4 Å². The summed E-state index contributed by atoms with van der Waals surface area (Å²) < 4.78 is 9.23. The number of nitrogens with one attached hydrogen (secondary N) is 2. The van der Waals surface area contributed by atoms with Crippen molar-refractivity contribution in [2.45, 2.75) is 77.1 Å². The maximum absolute atomic E-state index is 14.0. The highest BCUT2D eigenvalue weighted by molar-refractivity contribution is 6.06. The fourth-order valence-electron chi connectivity index (χ4n) is 9.87. The van der Waals surface area contributed by atoms with Gasteiger partial charge in [0.1, 0.15) is 11.5 Å². The number of aryl methyl sites for hydroxylation is 1. The van der Waals surface area contributed by atoms with E-state index in [0.717, 1.165) is 64.2 Å². The van der Waals surface area contributed by atoms with E-state index in [2.05, 4.69) is 49.6 Å². The van der Waals surface area contributed by atoms with Gasteiger partial charge in [-0.25, -0.2) is 9.97 Å². The standard InChI is InChI=1S/C43H51N9O5/c1-4-38(54)46-33-21-29(6-7-35(33)50-15-14-49(24-27(50)2)30-9-18-57-19-10-30)45-39-42(56)48(3)25-34(47-39)31-8-13-44-40(32(31)26-53)52-17-16-51-36(41(52)55)20-28-22-43(11-5-12-43)23-37(28)51/h4,6-8,13,20-21,25,27,30,53H,1,5,9-12,14-19,22-24,26H2,2-3H3,(H,45,47)(H,46,54)/t27-/m0/s1. The number of rotatable bonds is 9. The van der Waals surface area contributed by atoms with Crippen LogP contribution in [0.25, 0.3) is 11.3 Å². The number of piperazine rings is 1. The summed E-state index contributed by atoms with van der Waals surface area (Å²) in [5, 5.41) is 17.0. The highest BCUT2D eigenvalue weighted by Gasteiger charge is 2.45. The fourth-order valence-corrected chi connectivity index (χ4v) is 9.87. The summed E-state index contributed by atoms with van der Waals surface area (Å²) in [5.41, 5.74) is 6.79. The molecule has 298 valence electrons. The van der Waals surface area contributed by atoms with Crippen LogP contribution in [0, 0.1) is 5.41 Å². The maximum Gasteiger partial charge on any atom is 0.293 e. The number of aromatic nitrogens is 4. The summed E-state index contributed by atoms with van der Waals surface area (Å²) in [7, 11) is 1.65. The minimum atomic E-state index is -0.384. The number of aliphatic hydroxyl groups excluding tert-OH is 1. The van der Waals surface area contributed by atoms with Crippen molar-refractivity contribution in [1.29, 1.82) is 0 Å². The second-order valence-corrected chi connectivity index (χ2v) is 16.5. The van der Waals surface area contributed by atoms with E-state index in [-0.39, 0.29) is 35.8 Å². The first kappa shape index (κ1) is 37.3. The molecule has 3 aliphatic heterocycles. The number of amides is 2. The SMILES string of the molecule is C=CC(=O)Nc1cc(Nc2nc(-c3ccnc(N4CCn5c(cc6c5CC5(CCC5)C6)C4=O)c3CO)cn(C)c2=O)ccc1N1CCN(C2CCOCC2)C[C@@H]1C. The summed E-state index contributed by atoms with van der Waals surface area (Å²) in [6.07, 6.45) is 12.5. The smallest absolute Gasteiger partial charge is 0.293 e. The quantitative estimate of drug-likeness (QED) is 0.206. The lowest BCUT2D eigenvalue weighted by Crippen LogP contribution is -2.56. The molecule has 0 unspecified atom stereocenters. The Morgan fingerprint density at radius 3 is 2.65 bits per heavy atom. The molecule has 14 heteroatoms. The molecule has 1 saturated carbocycles. The van der Waals surface area contributed by atoms with Gasteiger partial charge in [-0.3, -0.25) is 24.2 Å². The third-order valence-electron chi connectivity index (χ3n) is 13.0. The lowest BCUT2D eigenvalue weighted by molar-refractivity contribution is -0.111. The summed E-state index contributed by atoms with van der Waals surface area (Å²) in [6, 6.07) is 10.2. The molecule has 5 aliphatic rings. The summed E-state index contributed by atoms with van der Waals surface area (Å²) >= 11 is 0. The molecule has 0 bridgehead atoms. The van der Waals surface area contributed by atoms with E-state index in [1.54, 1.807) is 30.4 Å². The number of pyridine rings is 1. The molecular formula is C43H51N9O5. The van der Waals surface area contributed by atoms with Crippen LogP contribution in [0.5, 0.6) is 0 Å². The van der Waals surface area contributed by atoms with Gasteiger partial charge in [0.25, 0.3) is 11.5 Å². The molecule has 57 heavy (non-hydrogen) atoms. The van der Waals surface area contributed by atoms with E-state index in [0.29, 0.717) is 64.3 Å². The van der Waals surface area contributed by atoms with Gasteiger partial charge in [0.15, 0.2) is 5.82 Å². The van der Waals surface area contributed by atoms with E-state index >= 15 is 0 Å². The Hall–Kier alpha value is -5.31.